The van der Waals surface area contributed by atoms with Crippen molar-refractivity contribution in [3.8, 4) is 0 Å². The number of rotatable bonds is 3. The van der Waals surface area contributed by atoms with Crippen LogP contribution in [0, 0.1) is 0 Å². The van der Waals surface area contributed by atoms with Gasteiger partial charge < -0.3 is 15.2 Å². The molecule has 0 unspecified atom stereocenters. The lowest BCUT2D eigenvalue weighted by molar-refractivity contribution is -0.255. The fourth-order valence-corrected chi connectivity index (χ4v) is 3.18. The first kappa shape index (κ1) is 15.8. The lowest BCUT2D eigenvalue weighted by atomic mass is 9.96. The summed E-state index contributed by atoms with van der Waals surface area (Å²) >= 11 is 0. The third-order valence-electron chi connectivity index (χ3n) is 4.35. The minimum atomic E-state index is -1.28. The lowest BCUT2D eigenvalue weighted by Gasteiger charge is -2.13. The summed E-state index contributed by atoms with van der Waals surface area (Å²) in [6.45, 7) is 0. The van der Waals surface area contributed by atoms with E-state index in [2.05, 4.69) is 11.4 Å². The molecule has 0 aliphatic carbocycles. The fourth-order valence-electron chi connectivity index (χ4n) is 3.18. The smallest absolute Gasteiger partial charge is 0.256 e. The number of nitrogens with one attached hydrogen (secondary N) is 1. The second-order valence-corrected chi connectivity index (χ2v) is 6.02. The van der Waals surface area contributed by atoms with Crippen molar-refractivity contribution in [2.75, 3.05) is 5.32 Å². The minimum Gasteiger partial charge on any atom is -0.545 e. The van der Waals surface area contributed by atoms with E-state index in [4.69, 9.17) is 0 Å². The van der Waals surface area contributed by atoms with Crippen LogP contribution in [0.3, 0.4) is 0 Å². The number of carbonyl (C=O) groups excluding carboxylic acids is 2. The summed E-state index contributed by atoms with van der Waals surface area (Å²) < 4.78 is 0. The van der Waals surface area contributed by atoms with Crippen LogP contribution in [0.25, 0.3) is 21.5 Å². The van der Waals surface area contributed by atoms with E-state index in [9.17, 15) is 14.7 Å². The van der Waals surface area contributed by atoms with Gasteiger partial charge in [-0.2, -0.15) is 0 Å². The van der Waals surface area contributed by atoms with Crippen molar-refractivity contribution >= 4 is 39.1 Å². The first-order valence-electron chi connectivity index (χ1n) is 8.17. The Hall–Kier alpha value is -3.66. The Kier molecular flexibility index (Phi) is 3.86. The zero-order valence-corrected chi connectivity index (χ0v) is 13.7. The summed E-state index contributed by atoms with van der Waals surface area (Å²) in [5.41, 5.74) is 0.997. The Labute approximate surface area is 149 Å². The quantitative estimate of drug-likeness (QED) is 0.579. The molecule has 0 aliphatic rings. The molecule has 0 saturated carbocycles. The molecule has 0 spiro atoms. The molecule has 4 nitrogen and oxygen atoms in total. The molecular formula is C22H14NO3-. The first-order chi connectivity index (χ1) is 12.6. The molecule has 0 fully saturated rings. The van der Waals surface area contributed by atoms with Gasteiger partial charge in [-0.3, -0.25) is 4.79 Å². The Balaban J connectivity index is 1.85. The maximum atomic E-state index is 13.0. The fraction of sp³-hybridized carbons (Fsp3) is 0. The number of hydrogen-bond donors (Lipinski definition) is 1. The van der Waals surface area contributed by atoms with Crippen molar-refractivity contribution in [3.63, 3.8) is 0 Å². The molecule has 4 heteroatoms. The molecular weight excluding hydrogens is 326 g/mol. The molecule has 0 saturated heterocycles. The SMILES string of the molecule is O=C([O-])c1cccc(NC(=O)c2c3ccccc3cc3ccccc23)c1. The summed E-state index contributed by atoms with van der Waals surface area (Å²) in [5, 5.41) is 17.5. The van der Waals surface area contributed by atoms with Crippen LogP contribution < -0.4 is 10.4 Å². The summed E-state index contributed by atoms with van der Waals surface area (Å²) in [6, 6.07) is 23.5. The second kappa shape index (κ2) is 6.33. The zero-order valence-electron chi connectivity index (χ0n) is 13.7. The van der Waals surface area contributed by atoms with Gasteiger partial charge in [-0.05, 0) is 45.3 Å². The van der Waals surface area contributed by atoms with Crippen LogP contribution in [0.15, 0.2) is 78.9 Å². The predicted molar refractivity (Wildman–Crippen MR) is 100 cm³/mol. The van der Waals surface area contributed by atoms with Crippen molar-refractivity contribution in [1.29, 1.82) is 0 Å². The van der Waals surface area contributed by atoms with Gasteiger partial charge in [-0.1, -0.05) is 60.7 Å². The van der Waals surface area contributed by atoms with Gasteiger partial charge in [0.15, 0.2) is 0 Å². The number of fused-ring (bicyclic) bond motifs is 2. The molecule has 26 heavy (non-hydrogen) atoms. The highest BCUT2D eigenvalue weighted by Gasteiger charge is 2.15. The topological polar surface area (TPSA) is 69.2 Å². The third kappa shape index (κ3) is 2.78. The highest BCUT2D eigenvalue weighted by atomic mass is 16.4. The van der Waals surface area contributed by atoms with E-state index in [0.717, 1.165) is 21.5 Å². The molecule has 4 rings (SSSR count). The van der Waals surface area contributed by atoms with Gasteiger partial charge in [0.05, 0.1) is 11.5 Å². The van der Waals surface area contributed by atoms with Gasteiger partial charge in [-0.15, -0.1) is 0 Å². The van der Waals surface area contributed by atoms with Gasteiger partial charge in [-0.25, -0.2) is 0 Å². The number of amides is 1. The average Bonchev–Trinajstić information content (AvgIpc) is 2.66. The first-order valence-corrected chi connectivity index (χ1v) is 8.17. The molecule has 0 aromatic heterocycles. The van der Waals surface area contributed by atoms with Crippen LogP contribution in [-0.4, -0.2) is 11.9 Å². The van der Waals surface area contributed by atoms with Gasteiger partial charge in [0, 0.05) is 5.69 Å². The maximum Gasteiger partial charge on any atom is 0.256 e. The number of carboxylic acid groups (broad SMARTS) is 1. The highest BCUT2D eigenvalue weighted by molar-refractivity contribution is 6.22. The van der Waals surface area contributed by atoms with Crippen LogP contribution in [0.1, 0.15) is 20.7 Å². The van der Waals surface area contributed by atoms with Gasteiger partial charge >= 0.3 is 0 Å². The Bertz CT molecular complexity index is 1110. The van der Waals surface area contributed by atoms with Gasteiger partial charge in [0.1, 0.15) is 0 Å². The van der Waals surface area contributed by atoms with Gasteiger partial charge in [0.2, 0.25) is 0 Å². The van der Waals surface area contributed by atoms with Crippen molar-refractivity contribution < 1.29 is 14.7 Å². The molecule has 0 radical (unpaired) electrons. The molecule has 1 amide bonds. The van der Waals surface area contributed by atoms with Crippen molar-refractivity contribution in [2.45, 2.75) is 0 Å². The molecule has 1 N–H and O–H groups in total. The number of anilines is 1. The van der Waals surface area contributed by atoms with Crippen molar-refractivity contribution in [1.82, 2.24) is 0 Å². The molecule has 0 aliphatic heterocycles. The second-order valence-electron chi connectivity index (χ2n) is 6.02. The van der Waals surface area contributed by atoms with Crippen LogP contribution in [0.4, 0.5) is 5.69 Å². The molecule has 4 aromatic rings. The summed E-state index contributed by atoms with van der Waals surface area (Å²) in [4.78, 5) is 24.1. The number of hydrogen-bond acceptors (Lipinski definition) is 3. The predicted octanol–water partition coefficient (Wildman–Crippen LogP) is 3.61. The Morgan fingerprint density at radius 2 is 1.35 bits per heavy atom. The van der Waals surface area contributed by atoms with E-state index in [1.807, 2.05) is 48.5 Å². The molecule has 0 heterocycles. The van der Waals surface area contributed by atoms with Crippen LogP contribution >= 0.6 is 0 Å². The van der Waals surface area contributed by atoms with E-state index >= 15 is 0 Å². The number of benzene rings is 4. The number of aromatic carboxylic acids is 1. The highest BCUT2D eigenvalue weighted by Crippen LogP contribution is 2.29. The van der Waals surface area contributed by atoms with Gasteiger partial charge in [0.25, 0.3) is 5.91 Å². The number of carboxylic acids is 1. The van der Waals surface area contributed by atoms with E-state index in [1.54, 1.807) is 12.1 Å². The van der Waals surface area contributed by atoms with Crippen molar-refractivity contribution in [2.24, 2.45) is 0 Å². The summed E-state index contributed by atoms with van der Waals surface area (Å²) in [7, 11) is 0. The largest absolute Gasteiger partial charge is 0.545 e. The minimum absolute atomic E-state index is 0.0191. The monoisotopic (exact) mass is 340 g/mol. The van der Waals surface area contributed by atoms with Crippen LogP contribution in [-0.2, 0) is 0 Å². The Morgan fingerprint density at radius 3 is 1.96 bits per heavy atom. The molecule has 0 bridgehead atoms. The number of carbonyl (C=O) groups is 2. The standard InChI is InChI=1S/C22H15NO3/c24-21(23-17-9-5-8-16(13-17)22(25)26)20-18-10-3-1-6-14(18)12-15-7-2-4-11-19(15)20/h1-13H,(H,23,24)(H,25,26)/p-1. The molecule has 126 valence electrons. The van der Waals surface area contributed by atoms with E-state index < -0.39 is 5.97 Å². The third-order valence-corrected chi connectivity index (χ3v) is 4.35. The van der Waals surface area contributed by atoms with Crippen molar-refractivity contribution in [3.05, 3.63) is 90.0 Å². The summed E-state index contributed by atoms with van der Waals surface area (Å²) in [6.07, 6.45) is 0. The average molecular weight is 340 g/mol. The lowest BCUT2D eigenvalue weighted by Crippen LogP contribution is -2.22. The Morgan fingerprint density at radius 1 is 0.731 bits per heavy atom. The van der Waals surface area contributed by atoms with E-state index in [1.165, 1.54) is 12.1 Å². The normalized spacial score (nSPS) is 10.8. The van der Waals surface area contributed by atoms with Crippen LogP contribution in [0.5, 0.6) is 0 Å². The van der Waals surface area contributed by atoms with E-state index in [0.29, 0.717) is 11.3 Å². The van der Waals surface area contributed by atoms with E-state index in [-0.39, 0.29) is 11.5 Å². The molecule has 4 aromatic carbocycles. The molecule has 0 atom stereocenters. The van der Waals surface area contributed by atoms with Crippen LogP contribution in [0.2, 0.25) is 0 Å². The zero-order chi connectivity index (χ0) is 18.1. The maximum absolute atomic E-state index is 13.0. The summed E-state index contributed by atoms with van der Waals surface area (Å²) in [5.74, 6) is -1.56.